The van der Waals surface area contributed by atoms with Gasteiger partial charge in [0.15, 0.2) is 6.61 Å². The summed E-state index contributed by atoms with van der Waals surface area (Å²) in [4.78, 5) is 34.6. The number of aromatic nitrogens is 1. The minimum absolute atomic E-state index is 0.0263. The fourth-order valence-corrected chi connectivity index (χ4v) is 5.58. The maximum absolute atomic E-state index is 13.5. The number of amides is 2. The molecule has 4 heterocycles. The maximum atomic E-state index is 13.5. The summed E-state index contributed by atoms with van der Waals surface area (Å²) in [5, 5.41) is 0.610. The number of piperidine rings is 1. The molecule has 8 nitrogen and oxygen atoms in total. The SMILES string of the molecule is O=C(COc1ccc(Cl)cc1)N1CCCCC2(COc3cccnc3)CCN(CC2)C(=O)c2ccccc2OCC1. The summed E-state index contributed by atoms with van der Waals surface area (Å²) in [5.74, 6) is 1.74. The Hall–Kier alpha value is -3.78. The van der Waals surface area contributed by atoms with Crippen molar-refractivity contribution in [3.63, 3.8) is 0 Å². The first-order valence-corrected chi connectivity index (χ1v) is 14.6. The first-order chi connectivity index (χ1) is 20.0. The van der Waals surface area contributed by atoms with E-state index in [1.165, 1.54) is 0 Å². The summed E-state index contributed by atoms with van der Waals surface area (Å²) >= 11 is 5.97. The minimum Gasteiger partial charge on any atom is -0.491 e. The Labute approximate surface area is 246 Å². The van der Waals surface area contributed by atoms with Crippen molar-refractivity contribution in [2.45, 2.75) is 32.1 Å². The van der Waals surface area contributed by atoms with Crippen LogP contribution < -0.4 is 14.2 Å². The molecular weight excluding hydrogens is 542 g/mol. The standard InChI is InChI=1S/C32H36ClN3O5/c33-25-9-11-26(12-10-25)40-23-30(37)35-17-4-3-13-32(24-41-27-6-5-16-34-22-27)14-18-36(19-15-32)31(38)28-7-1-2-8-29(28)39-21-20-35/h1-2,5-12,16,22H,3-4,13-15,17-21,23-24H2. The van der Waals surface area contributed by atoms with Crippen LogP contribution in [0.1, 0.15) is 42.5 Å². The van der Waals surface area contributed by atoms with Crippen molar-refractivity contribution in [2.24, 2.45) is 5.41 Å². The van der Waals surface area contributed by atoms with Crippen LogP contribution in [0.2, 0.25) is 5.02 Å². The number of hydrogen-bond acceptors (Lipinski definition) is 6. The molecular formula is C32H36ClN3O5. The van der Waals surface area contributed by atoms with Crippen LogP contribution in [-0.4, -0.2) is 72.6 Å². The normalized spacial score (nSPS) is 17.5. The van der Waals surface area contributed by atoms with E-state index in [0.717, 1.165) is 37.9 Å². The van der Waals surface area contributed by atoms with E-state index in [9.17, 15) is 9.59 Å². The fraction of sp³-hybridized carbons (Fsp3) is 0.406. The van der Waals surface area contributed by atoms with Gasteiger partial charge in [-0.2, -0.15) is 0 Å². The van der Waals surface area contributed by atoms with E-state index in [0.29, 0.717) is 54.9 Å². The predicted octanol–water partition coefficient (Wildman–Crippen LogP) is 5.51. The van der Waals surface area contributed by atoms with Crippen molar-refractivity contribution in [3.05, 3.63) is 83.6 Å². The van der Waals surface area contributed by atoms with Gasteiger partial charge in [0, 0.05) is 36.3 Å². The topological polar surface area (TPSA) is 81.2 Å². The number of hydrogen-bond donors (Lipinski definition) is 0. The van der Waals surface area contributed by atoms with Gasteiger partial charge in [0.25, 0.3) is 11.8 Å². The van der Waals surface area contributed by atoms with E-state index >= 15 is 0 Å². The molecule has 0 radical (unpaired) electrons. The van der Waals surface area contributed by atoms with Crippen molar-refractivity contribution < 1.29 is 23.8 Å². The van der Waals surface area contributed by atoms with Crippen LogP contribution in [-0.2, 0) is 4.79 Å². The third-order valence-corrected chi connectivity index (χ3v) is 8.19. The molecule has 41 heavy (non-hydrogen) atoms. The lowest BCUT2D eigenvalue weighted by Crippen LogP contribution is -2.45. The zero-order valence-corrected chi connectivity index (χ0v) is 23.9. The number of ether oxygens (including phenoxy) is 3. The number of pyridine rings is 1. The monoisotopic (exact) mass is 577 g/mol. The first kappa shape index (κ1) is 28.7. The van der Waals surface area contributed by atoms with E-state index in [1.54, 1.807) is 41.6 Å². The Bertz CT molecular complexity index is 1300. The van der Waals surface area contributed by atoms with Gasteiger partial charge in [-0.3, -0.25) is 14.6 Å². The van der Waals surface area contributed by atoms with Gasteiger partial charge < -0.3 is 24.0 Å². The van der Waals surface area contributed by atoms with Gasteiger partial charge in [0.05, 0.1) is 24.9 Å². The average Bonchev–Trinajstić information content (AvgIpc) is 3.02. The van der Waals surface area contributed by atoms with Crippen LogP contribution in [0.25, 0.3) is 0 Å². The highest BCUT2D eigenvalue weighted by atomic mass is 35.5. The Morgan fingerprint density at radius 2 is 1.71 bits per heavy atom. The molecule has 0 N–H and O–H groups in total. The number of fused-ring (bicyclic) bond motifs is 9. The second-order valence-corrected chi connectivity index (χ2v) is 11.1. The molecule has 0 aliphatic carbocycles. The van der Waals surface area contributed by atoms with Crippen molar-refractivity contribution in [2.75, 3.05) is 46.0 Å². The molecule has 2 amide bonds. The second-order valence-electron chi connectivity index (χ2n) is 10.7. The number of carbonyl (C=O) groups is 2. The molecule has 0 saturated carbocycles. The molecule has 0 spiro atoms. The third-order valence-electron chi connectivity index (χ3n) is 7.94. The van der Waals surface area contributed by atoms with Gasteiger partial charge in [-0.05, 0) is 74.2 Å². The number of para-hydroxylation sites is 1. The number of benzene rings is 2. The van der Waals surface area contributed by atoms with Crippen LogP contribution in [0.15, 0.2) is 73.1 Å². The average molecular weight is 578 g/mol. The summed E-state index contributed by atoms with van der Waals surface area (Å²) in [5.41, 5.74) is 0.487. The minimum atomic E-state index is -0.112. The highest BCUT2D eigenvalue weighted by Crippen LogP contribution is 2.38. The Balaban J connectivity index is 1.30. The lowest BCUT2D eigenvalue weighted by molar-refractivity contribution is -0.133. The zero-order chi connectivity index (χ0) is 28.5. The zero-order valence-electron chi connectivity index (χ0n) is 23.2. The van der Waals surface area contributed by atoms with E-state index in [-0.39, 0.29) is 30.4 Å². The number of rotatable bonds is 6. The van der Waals surface area contributed by atoms with Gasteiger partial charge in [-0.15, -0.1) is 0 Å². The van der Waals surface area contributed by atoms with Crippen molar-refractivity contribution in [1.29, 1.82) is 0 Å². The summed E-state index contributed by atoms with van der Waals surface area (Å²) in [6, 6.07) is 18.1. The quantitative estimate of drug-likeness (QED) is 0.384. The van der Waals surface area contributed by atoms with Crippen LogP contribution in [0.3, 0.4) is 0 Å². The van der Waals surface area contributed by atoms with Crippen LogP contribution >= 0.6 is 11.6 Å². The summed E-state index contributed by atoms with van der Waals surface area (Å²) in [6.45, 7) is 3.08. The van der Waals surface area contributed by atoms with Gasteiger partial charge in [-0.25, -0.2) is 0 Å². The molecule has 3 aromatic rings. The predicted molar refractivity (Wildman–Crippen MR) is 157 cm³/mol. The fourth-order valence-electron chi connectivity index (χ4n) is 5.46. The molecule has 2 bridgehead atoms. The molecule has 0 unspecified atom stereocenters. The lowest BCUT2D eigenvalue weighted by atomic mass is 9.75. The summed E-state index contributed by atoms with van der Waals surface area (Å²) in [7, 11) is 0. The lowest BCUT2D eigenvalue weighted by Gasteiger charge is -2.42. The first-order valence-electron chi connectivity index (χ1n) is 14.2. The molecule has 3 aliphatic heterocycles. The van der Waals surface area contributed by atoms with Crippen LogP contribution in [0.4, 0.5) is 0 Å². The van der Waals surface area contributed by atoms with Gasteiger partial charge in [-0.1, -0.05) is 30.2 Å². The summed E-state index contributed by atoms with van der Waals surface area (Å²) in [6.07, 6.45) is 7.89. The van der Waals surface area contributed by atoms with Gasteiger partial charge >= 0.3 is 0 Å². The Morgan fingerprint density at radius 1 is 0.902 bits per heavy atom. The molecule has 2 aromatic carbocycles. The highest BCUT2D eigenvalue weighted by molar-refractivity contribution is 6.30. The Morgan fingerprint density at radius 3 is 2.49 bits per heavy atom. The van der Waals surface area contributed by atoms with Gasteiger partial charge in [0.1, 0.15) is 23.9 Å². The van der Waals surface area contributed by atoms with Crippen molar-refractivity contribution in [1.82, 2.24) is 14.8 Å². The van der Waals surface area contributed by atoms with Crippen molar-refractivity contribution >= 4 is 23.4 Å². The van der Waals surface area contributed by atoms with E-state index in [1.807, 2.05) is 41.3 Å². The smallest absolute Gasteiger partial charge is 0.260 e. The van der Waals surface area contributed by atoms with Crippen LogP contribution in [0.5, 0.6) is 17.2 Å². The third kappa shape index (κ3) is 7.70. The molecule has 1 aromatic heterocycles. The molecule has 1 saturated heterocycles. The highest BCUT2D eigenvalue weighted by Gasteiger charge is 2.37. The molecule has 9 heteroatoms. The molecule has 1 fully saturated rings. The molecule has 216 valence electrons. The number of nitrogens with zero attached hydrogens (tertiary/aromatic N) is 3. The number of carbonyl (C=O) groups excluding carboxylic acids is 2. The van der Waals surface area contributed by atoms with E-state index < -0.39 is 0 Å². The molecule has 0 atom stereocenters. The molecule has 3 aliphatic rings. The summed E-state index contributed by atoms with van der Waals surface area (Å²) < 4.78 is 18.0. The molecule has 6 rings (SSSR count). The van der Waals surface area contributed by atoms with E-state index in [4.69, 9.17) is 25.8 Å². The largest absolute Gasteiger partial charge is 0.491 e. The van der Waals surface area contributed by atoms with E-state index in [2.05, 4.69) is 4.98 Å². The maximum Gasteiger partial charge on any atom is 0.260 e. The second kappa shape index (κ2) is 13.7. The number of halogens is 1. The Kier molecular flexibility index (Phi) is 9.62. The van der Waals surface area contributed by atoms with Crippen molar-refractivity contribution in [3.8, 4) is 17.2 Å². The van der Waals surface area contributed by atoms with Gasteiger partial charge in [0.2, 0.25) is 0 Å². The van der Waals surface area contributed by atoms with Crippen LogP contribution in [0, 0.1) is 5.41 Å².